The fraction of sp³-hybridized carbons (Fsp3) is 0.176. The number of benzene rings is 1. The second-order valence-corrected chi connectivity index (χ2v) is 5.67. The number of nitrogens with one attached hydrogen (secondary N) is 2. The van der Waals surface area contributed by atoms with Gasteiger partial charge in [0.25, 0.3) is 5.91 Å². The van der Waals surface area contributed by atoms with Crippen molar-refractivity contribution in [3.63, 3.8) is 0 Å². The van der Waals surface area contributed by atoms with Crippen LogP contribution in [0.2, 0.25) is 5.02 Å². The molecule has 2 N–H and O–H groups in total. The minimum absolute atomic E-state index is 0.0521. The average molecular weight is 345 g/mol. The van der Waals surface area contributed by atoms with Crippen molar-refractivity contribution in [3.05, 3.63) is 58.7 Å². The van der Waals surface area contributed by atoms with Gasteiger partial charge < -0.3 is 5.32 Å². The molecule has 2 aromatic rings. The quantitative estimate of drug-likeness (QED) is 0.645. The van der Waals surface area contributed by atoms with Crippen LogP contribution in [0.15, 0.2) is 47.7 Å². The molecule has 0 saturated carbocycles. The van der Waals surface area contributed by atoms with E-state index in [1.54, 1.807) is 43.5 Å². The highest BCUT2D eigenvalue weighted by atomic mass is 35.5. The van der Waals surface area contributed by atoms with Crippen molar-refractivity contribution in [2.24, 2.45) is 5.10 Å². The third-order valence-electron chi connectivity index (χ3n) is 3.05. The normalized spacial score (nSPS) is 11.0. The third-order valence-corrected chi connectivity index (χ3v) is 3.31. The maximum absolute atomic E-state index is 11.9. The lowest BCUT2D eigenvalue weighted by atomic mass is 10.2. The molecule has 7 heteroatoms. The summed E-state index contributed by atoms with van der Waals surface area (Å²) in [5.74, 6) is -0.139. The highest BCUT2D eigenvalue weighted by Crippen LogP contribution is 2.09. The zero-order chi connectivity index (χ0) is 17.5. The molecule has 0 bridgehead atoms. The van der Waals surface area contributed by atoms with Crippen LogP contribution in [0, 0.1) is 6.92 Å². The van der Waals surface area contributed by atoms with Gasteiger partial charge in [-0.1, -0.05) is 11.6 Å². The molecule has 124 valence electrons. The fourth-order valence-corrected chi connectivity index (χ4v) is 2.00. The Labute approximate surface area is 144 Å². The number of aromatic nitrogens is 1. The monoisotopic (exact) mass is 344 g/mol. The number of hydrogen-bond donors (Lipinski definition) is 2. The second-order valence-electron chi connectivity index (χ2n) is 5.24. The van der Waals surface area contributed by atoms with Crippen molar-refractivity contribution in [3.8, 4) is 0 Å². The van der Waals surface area contributed by atoms with E-state index in [1.807, 2.05) is 13.0 Å². The summed E-state index contributed by atoms with van der Waals surface area (Å²) in [5, 5.41) is 7.15. The number of carbonyl (C=O) groups excluding carboxylic acids is 2. The average Bonchev–Trinajstić information content (AvgIpc) is 2.53. The van der Waals surface area contributed by atoms with E-state index in [0.29, 0.717) is 22.1 Å². The zero-order valence-electron chi connectivity index (χ0n) is 13.3. The maximum atomic E-state index is 11.9. The Morgan fingerprint density at radius 2 is 1.92 bits per heavy atom. The van der Waals surface area contributed by atoms with Gasteiger partial charge in [-0.05, 0) is 55.8 Å². The molecule has 0 unspecified atom stereocenters. The molecule has 1 heterocycles. The van der Waals surface area contributed by atoms with Crippen molar-refractivity contribution in [1.82, 2.24) is 10.4 Å². The molecule has 2 rings (SSSR count). The van der Waals surface area contributed by atoms with Crippen molar-refractivity contribution < 1.29 is 9.59 Å². The first kappa shape index (κ1) is 17.6. The van der Waals surface area contributed by atoms with Crippen LogP contribution < -0.4 is 10.7 Å². The number of nitrogens with zero attached hydrogens (tertiary/aromatic N) is 2. The van der Waals surface area contributed by atoms with Crippen LogP contribution in [0.4, 0.5) is 5.82 Å². The van der Waals surface area contributed by atoms with Crippen LogP contribution in [0.25, 0.3) is 0 Å². The van der Waals surface area contributed by atoms with Gasteiger partial charge in [-0.15, -0.1) is 0 Å². The summed E-state index contributed by atoms with van der Waals surface area (Å²) >= 11 is 5.77. The van der Waals surface area contributed by atoms with E-state index >= 15 is 0 Å². The van der Waals surface area contributed by atoms with Crippen molar-refractivity contribution in [2.45, 2.75) is 20.3 Å². The van der Waals surface area contributed by atoms with E-state index < -0.39 is 0 Å². The first-order chi connectivity index (χ1) is 11.4. The number of rotatable bonds is 5. The molecule has 2 amide bonds. The van der Waals surface area contributed by atoms with E-state index in [0.717, 1.165) is 5.56 Å². The lowest BCUT2D eigenvalue weighted by molar-refractivity contribution is -0.115. The number of anilines is 1. The van der Waals surface area contributed by atoms with Gasteiger partial charge in [-0.3, -0.25) is 9.59 Å². The number of halogens is 1. The molecule has 0 radical (unpaired) electrons. The summed E-state index contributed by atoms with van der Waals surface area (Å²) in [7, 11) is 0. The Bertz CT molecular complexity index is 772. The van der Waals surface area contributed by atoms with Crippen LogP contribution in [0.1, 0.15) is 29.3 Å². The van der Waals surface area contributed by atoms with Crippen LogP contribution in [0.5, 0.6) is 0 Å². The number of hydrazone groups is 1. The molecule has 0 saturated heterocycles. The highest BCUT2D eigenvalue weighted by molar-refractivity contribution is 6.30. The third kappa shape index (κ3) is 5.48. The number of aryl methyl sites for hydroxylation is 1. The molecule has 6 nitrogen and oxygen atoms in total. The SMILES string of the molecule is CC(CC(=O)Nc1cc(C)ccn1)=NNC(=O)c1ccc(Cl)cc1. The predicted molar refractivity (Wildman–Crippen MR) is 94.2 cm³/mol. The summed E-state index contributed by atoms with van der Waals surface area (Å²) in [5.41, 5.74) is 4.32. The van der Waals surface area contributed by atoms with E-state index in [1.165, 1.54) is 0 Å². The zero-order valence-corrected chi connectivity index (χ0v) is 14.1. The minimum Gasteiger partial charge on any atom is -0.310 e. The molecule has 24 heavy (non-hydrogen) atoms. The van der Waals surface area contributed by atoms with Gasteiger partial charge in [0.2, 0.25) is 5.91 Å². The van der Waals surface area contributed by atoms with Gasteiger partial charge in [0.05, 0.1) is 6.42 Å². The molecular weight excluding hydrogens is 328 g/mol. The Balaban J connectivity index is 1.87. The van der Waals surface area contributed by atoms with Crippen LogP contribution >= 0.6 is 11.6 Å². The van der Waals surface area contributed by atoms with E-state index in [-0.39, 0.29) is 18.2 Å². The molecule has 0 fully saturated rings. The summed E-state index contributed by atoms with van der Waals surface area (Å²) in [4.78, 5) is 27.9. The fourth-order valence-electron chi connectivity index (χ4n) is 1.88. The predicted octanol–water partition coefficient (Wildman–Crippen LogP) is 3.18. The maximum Gasteiger partial charge on any atom is 0.271 e. The summed E-state index contributed by atoms with van der Waals surface area (Å²) in [6.45, 7) is 3.57. The molecule has 0 aliphatic heterocycles. The topological polar surface area (TPSA) is 83.4 Å². The second kappa shape index (κ2) is 8.21. The van der Waals surface area contributed by atoms with E-state index in [9.17, 15) is 9.59 Å². The van der Waals surface area contributed by atoms with Crippen LogP contribution in [0.3, 0.4) is 0 Å². The van der Waals surface area contributed by atoms with Crippen molar-refractivity contribution in [2.75, 3.05) is 5.32 Å². The van der Waals surface area contributed by atoms with E-state index in [4.69, 9.17) is 11.6 Å². The molecule has 1 aromatic carbocycles. The van der Waals surface area contributed by atoms with Gasteiger partial charge in [0, 0.05) is 22.5 Å². The number of pyridine rings is 1. The van der Waals surface area contributed by atoms with Gasteiger partial charge in [-0.25, -0.2) is 10.4 Å². The molecule has 0 spiro atoms. The van der Waals surface area contributed by atoms with Crippen LogP contribution in [-0.4, -0.2) is 22.5 Å². The van der Waals surface area contributed by atoms with Crippen molar-refractivity contribution in [1.29, 1.82) is 0 Å². The lowest BCUT2D eigenvalue weighted by Gasteiger charge is -2.05. The van der Waals surface area contributed by atoms with Crippen LogP contribution in [-0.2, 0) is 4.79 Å². The lowest BCUT2D eigenvalue weighted by Crippen LogP contribution is -2.21. The number of hydrogen-bond acceptors (Lipinski definition) is 4. The number of amides is 2. The van der Waals surface area contributed by atoms with Gasteiger partial charge in [0.15, 0.2) is 0 Å². The van der Waals surface area contributed by atoms with Gasteiger partial charge in [0.1, 0.15) is 5.82 Å². The number of carbonyl (C=O) groups is 2. The summed E-state index contributed by atoms with van der Waals surface area (Å²) < 4.78 is 0. The molecule has 0 aliphatic carbocycles. The molecular formula is C17H17ClN4O2. The van der Waals surface area contributed by atoms with Gasteiger partial charge >= 0.3 is 0 Å². The van der Waals surface area contributed by atoms with Gasteiger partial charge in [-0.2, -0.15) is 5.10 Å². The molecule has 1 aromatic heterocycles. The highest BCUT2D eigenvalue weighted by Gasteiger charge is 2.07. The molecule has 0 atom stereocenters. The smallest absolute Gasteiger partial charge is 0.271 e. The molecule has 0 aliphatic rings. The summed E-state index contributed by atoms with van der Waals surface area (Å²) in [6.07, 6.45) is 1.68. The minimum atomic E-state index is -0.369. The largest absolute Gasteiger partial charge is 0.310 e. The Morgan fingerprint density at radius 3 is 2.58 bits per heavy atom. The van der Waals surface area contributed by atoms with E-state index in [2.05, 4.69) is 20.8 Å². The standard InChI is InChI=1S/C17H17ClN4O2/c1-11-7-8-19-15(9-11)20-16(23)10-12(2)21-22-17(24)13-3-5-14(18)6-4-13/h3-9H,10H2,1-2H3,(H,22,24)(H,19,20,23). The first-order valence-electron chi connectivity index (χ1n) is 7.25. The Hall–Kier alpha value is -2.73. The summed E-state index contributed by atoms with van der Waals surface area (Å²) in [6, 6.07) is 10.0. The first-order valence-corrected chi connectivity index (χ1v) is 7.63. The Kier molecular flexibility index (Phi) is 6.03. The van der Waals surface area contributed by atoms with Crippen molar-refractivity contribution >= 4 is 34.9 Å². The Morgan fingerprint density at radius 1 is 1.21 bits per heavy atom.